The summed E-state index contributed by atoms with van der Waals surface area (Å²) < 4.78 is 12.7. The van der Waals surface area contributed by atoms with Crippen LogP contribution in [0.4, 0.5) is 10.1 Å². The number of nitrogens with zero attached hydrogens (tertiary/aromatic N) is 1. The zero-order chi connectivity index (χ0) is 13.0. The molecule has 0 radical (unpaired) electrons. The van der Waals surface area contributed by atoms with Gasteiger partial charge in [-0.15, -0.1) is 11.8 Å². The Morgan fingerprint density at radius 3 is 2.22 bits per heavy atom. The molecule has 0 aliphatic rings. The molecule has 0 amide bonds. The van der Waals surface area contributed by atoms with Crippen molar-refractivity contribution >= 4 is 17.4 Å². The van der Waals surface area contributed by atoms with Crippen LogP contribution in [0.15, 0.2) is 53.4 Å². The second kappa shape index (κ2) is 5.64. The monoisotopic (exact) mass is 263 g/mol. The molecule has 0 unspecified atom stereocenters. The van der Waals surface area contributed by atoms with E-state index in [1.807, 2.05) is 0 Å². The molecule has 5 heteroatoms. The molecule has 0 saturated heterocycles. The Balaban J connectivity index is 1.97. The van der Waals surface area contributed by atoms with Crippen LogP contribution in [0, 0.1) is 15.9 Å². The van der Waals surface area contributed by atoms with Gasteiger partial charge in [0.2, 0.25) is 0 Å². The van der Waals surface area contributed by atoms with Gasteiger partial charge >= 0.3 is 0 Å². The Morgan fingerprint density at radius 1 is 1.06 bits per heavy atom. The van der Waals surface area contributed by atoms with Crippen LogP contribution in [-0.4, -0.2) is 4.92 Å². The molecule has 0 aromatic heterocycles. The van der Waals surface area contributed by atoms with Gasteiger partial charge in [-0.2, -0.15) is 0 Å². The van der Waals surface area contributed by atoms with Crippen molar-refractivity contribution in [3.63, 3.8) is 0 Å². The van der Waals surface area contributed by atoms with Crippen molar-refractivity contribution in [3.05, 3.63) is 70.0 Å². The van der Waals surface area contributed by atoms with Crippen LogP contribution in [0.5, 0.6) is 0 Å². The summed E-state index contributed by atoms with van der Waals surface area (Å²) in [5.41, 5.74) is 1.10. The van der Waals surface area contributed by atoms with E-state index in [-0.39, 0.29) is 11.5 Å². The Labute approximate surface area is 108 Å². The SMILES string of the molecule is O=[N+]([O-])c1ccc(SCc2ccc(F)cc2)cc1. The number of nitro benzene ring substituents is 1. The lowest BCUT2D eigenvalue weighted by Gasteiger charge is -2.01. The first-order valence-corrected chi connectivity index (χ1v) is 6.25. The molecule has 0 bridgehead atoms. The summed E-state index contributed by atoms with van der Waals surface area (Å²) in [6.45, 7) is 0. The lowest BCUT2D eigenvalue weighted by atomic mass is 10.2. The molecule has 0 N–H and O–H groups in total. The minimum absolute atomic E-state index is 0.0844. The van der Waals surface area contributed by atoms with Gasteiger partial charge in [0.15, 0.2) is 0 Å². The molecule has 3 nitrogen and oxygen atoms in total. The minimum atomic E-state index is -0.422. The number of halogens is 1. The number of rotatable bonds is 4. The van der Waals surface area contributed by atoms with Crippen molar-refractivity contribution in [2.24, 2.45) is 0 Å². The lowest BCUT2D eigenvalue weighted by molar-refractivity contribution is -0.384. The van der Waals surface area contributed by atoms with Gasteiger partial charge in [0, 0.05) is 22.8 Å². The molecule has 18 heavy (non-hydrogen) atoms. The van der Waals surface area contributed by atoms with Gasteiger partial charge in [-0.1, -0.05) is 12.1 Å². The summed E-state index contributed by atoms with van der Waals surface area (Å²) in [7, 11) is 0. The maximum absolute atomic E-state index is 12.7. The predicted octanol–water partition coefficient (Wildman–Crippen LogP) is 4.03. The fourth-order valence-electron chi connectivity index (χ4n) is 1.41. The van der Waals surface area contributed by atoms with Crippen LogP contribution in [0.2, 0.25) is 0 Å². The average molecular weight is 263 g/mol. The number of hydrogen-bond donors (Lipinski definition) is 0. The molecule has 0 aliphatic heterocycles. The normalized spacial score (nSPS) is 10.3. The summed E-state index contributed by atoms with van der Waals surface area (Å²) in [5, 5.41) is 10.5. The molecule has 0 saturated carbocycles. The molecule has 0 aliphatic carbocycles. The van der Waals surface area contributed by atoms with Gasteiger partial charge in [-0.3, -0.25) is 10.1 Å². The van der Waals surface area contributed by atoms with E-state index in [1.54, 1.807) is 36.0 Å². The van der Waals surface area contributed by atoms with E-state index in [0.717, 1.165) is 10.5 Å². The third kappa shape index (κ3) is 3.30. The van der Waals surface area contributed by atoms with E-state index < -0.39 is 4.92 Å². The number of thioether (sulfide) groups is 1. The summed E-state index contributed by atoms with van der Waals surface area (Å²) >= 11 is 1.55. The van der Waals surface area contributed by atoms with Crippen molar-refractivity contribution in [3.8, 4) is 0 Å². The van der Waals surface area contributed by atoms with Crippen LogP contribution >= 0.6 is 11.8 Å². The molecule has 0 fully saturated rings. The van der Waals surface area contributed by atoms with E-state index in [9.17, 15) is 14.5 Å². The zero-order valence-electron chi connectivity index (χ0n) is 9.38. The minimum Gasteiger partial charge on any atom is -0.258 e. The van der Waals surface area contributed by atoms with E-state index in [2.05, 4.69) is 0 Å². The van der Waals surface area contributed by atoms with Crippen molar-refractivity contribution in [2.45, 2.75) is 10.6 Å². The number of benzene rings is 2. The standard InChI is InChI=1S/C13H10FNO2S/c14-11-3-1-10(2-4-11)9-18-13-7-5-12(6-8-13)15(16)17/h1-8H,9H2. The Kier molecular flexibility index (Phi) is 3.94. The first kappa shape index (κ1) is 12.6. The molecular formula is C13H10FNO2S. The van der Waals surface area contributed by atoms with E-state index in [0.29, 0.717) is 5.75 Å². The molecular weight excluding hydrogens is 253 g/mol. The van der Waals surface area contributed by atoms with Crippen LogP contribution < -0.4 is 0 Å². The van der Waals surface area contributed by atoms with Crippen LogP contribution in [0.3, 0.4) is 0 Å². The third-order valence-corrected chi connectivity index (χ3v) is 3.45. The Hall–Kier alpha value is -1.88. The van der Waals surface area contributed by atoms with Crippen molar-refractivity contribution in [1.82, 2.24) is 0 Å². The maximum atomic E-state index is 12.7. The largest absolute Gasteiger partial charge is 0.269 e. The average Bonchev–Trinajstić information content (AvgIpc) is 2.38. The van der Waals surface area contributed by atoms with Gasteiger partial charge in [0.05, 0.1) is 4.92 Å². The van der Waals surface area contributed by atoms with Crippen LogP contribution in [-0.2, 0) is 5.75 Å². The first-order chi connectivity index (χ1) is 8.65. The van der Waals surface area contributed by atoms with Crippen molar-refractivity contribution in [2.75, 3.05) is 0 Å². The Bertz CT molecular complexity index is 540. The van der Waals surface area contributed by atoms with Crippen molar-refractivity contribution in [1.29, 1.82) is 0 Å². The summed E-state index contributed by atoms with van der Waals surface area (Å²) in [4.78, 5) is 11.0. The third-order valence-electron chi connectivity index (χ3n) is 2.37. The van der Waals surface area contributed by atoms with Gasteiger partial charge < -0.3 is 0 Å². The smallest absolute Gasteiger partial charge is 0.258 e. The van der Waals surface area contributed by atoms with Crippen molar-refractivity contribution < 1.29 is 9.31 Å². The number of nitro groups is 1. The number of non-ortho nitro benzene ring substituents is 1. The van der Waals surface area contributed by atoms with Crippen LogP contribution in [0.1, 0.15) is 5.56 Å². The lowest BCUT2D eigenvalue weighted by Crippen LogP contribution is -1.87. The van der Waals surface area contributed by atoms with E-state index in [1.165, 1.54) is 24.3 Å². The highest BCUT2D eigenvalue weighted by atomic mass is 32.2. The molecule has 0 spiro atoms. The molecule has 0 heterocycles. The second-order valence-corrected chi connectivity index (χ2v) is 4.71. The maximum Gasteiger partial charge on any atom is 0.269 e. The highest BCUT2D eigenvalue weighted by Crippen LogP contribution is 2.24. The summed E-state index contributed by atoms with van der Waals surface area (Å²) in [6.07, 6.45) is 0. The number of hydrogen-bond acceptors (Lipinski definition) is 3. The zero-order valence-corrected chi connectivity index (χ0v) is 10.2. The highest BCUT2D eigenvalue weighted by molar-refractivity contribution is 7.98. The van der Waals surface area contributed by atoms with Crippen LogP contribution in [0.25, 0.3) is 0 Å². The molecule has 92 valence electrons. The molecule has 2 aromatic rings. The highest BCUT2D eigenvalue weighted by Gasteiger charge is 2.04. The second-order valence-electron chi connectivity index (χ2n) is 3.67. The van der Waals surface area contributed by atoms with Gasteiger partial charge in [-0.05, 0) is 29.8 Å². The topological polar surface area (TPSA) is 43.1 Å². The van der Waals surface area contributed by atoms with E-state index >= 15 is 0 Å². The molecule has 2 aromatic carbocycles. The summed E-state index contributed by atoms with van der Waals surface area (Å²) in [5.74, 6) is 0.456. The fourth-order valence-corrected chi connectivity index (χ4v) is 2.27. The molecule has 2 rings (SSSR count). The van der Waals surface area contributed by atoms with Gasteiger partial charge in [-0.25, -0.2) is 4.39 Å². The fraction of sp³-hybridized carbons (Fsp3) is 0.0769. The molecule has 0 atom stereocenters. The predicted molar refractivity (Wildman–Crippen MR) is 69.1 cm³/mol. The van der Waals surface area contributed by atoms with Gasteiger partial charge in [0.1, 0.15) is 5.82 Å². The van der Waals surface area contributed by atoms with E-state index in [4.69, 9.17) is 0 Å². The van der Waals surface area contributed by atoms with Gasteiger partial charge in [0.25, 0.3) is 5.69 Å². The Morgan fingerprint density at radius 2 is 1.67 bits per heavy atom. The summed E-state index contributed by atoms with van der Waals surface area (Å²) in [6, 6.07) is 12.7. The quantitative estimate of drug-likeness (QED) is 0.475. The first-order valence-electron chi connectivity index (χ1n) is 5.27.